The monoisotopic (exact) mass is 378 g/mol. The Morgan fingerprint density at radius 2 is 1.85 bits per heavy atom. The van der Waals surface area contributed by atoms with Crippen LogP contribution < -0.4 is 11.1 Å². The average molecular weight is 378 g/mol. The lowest BCUT2D eigenvalue weighted by Crippen LogP contribution is -2.41. The van der Waals surface area contributed by atoms with Crippen molar-refractivity contribution in [3.8, 4) is 0 Å². The standard InChI is InChI=1S/C18H31BN4O4/c1-11-13(14(20)23-22-11)9-12(10-21-15(24)25-16(2,3)4)19-26-17(5,6)18(7,8)27-19/h9H,10H2,1-8H3,(H,21,24)(H3,20,22,23). The Morgan fingerprint density at radius 1 is 1.30 bits per heavy atom. The third kappa shape index (κ3) is 5.04. The number of hydrogen-bond donors (Lipinski definition) is 3. The van der Waals surface area contributed by atoms with Crippen LogP contribution in [0.25, 0.3) is 6.08 Å². The molecule has 0 radical (unpaired) electrons. The zero-order valence-electron chi connectivity index (χ0n) is 17.5. The zero-order valence-corrected chi connectivity index (χ0v) is 17.5. The van der Waals surface area contributed by atoms with Crippen LogP contribution in [0.15, 0.2) is 5.47 Å². The Morgan fingerprint density at radius 3 is 2.30 bits per heavy atom. The van der Waals surface area contributed by atoms with Gasteiger partial charge in [-0.2, -0.15) is 5.10 Å². The normalized spacial score (nSPS) is 19.3. The molecule has 1 aromatic rings. The van der Waals surface area contributed by atoms with Gasteiger partial charge in [0.1, 0.15) is 5.60 Å². The van der Waals surface area contributed by atoms with Gasteiger partial charge in [-0.1, -0.05) is 6.08 Å². The molecule has 9 heteroatoms. The van der Waals surface area contributed by atoms with Crippen LogP contribution in [-0.2, 0) is 14.0 Å². The van der Waals surface area contributed by atoms with Crippen molar-refractivity contribution >= 4 is 25.1 Å². The van der Waals surface area contributed by atoms with Gasteiger partial charge in [-0.3, -0.25) is 5.10 Å². The van der Waals surface area contributed by atoms with Crippen LogP contribution in [0.5, 0.6) is 0 Å². The molecule has 1 saturated heterocycles. The highest BCUT2D eigenvalue weighted by Gasteiger charge is 2.52. The lowest BCUT2D eigenvalue weighted by molar-refractivity contribution is 0.00578. The fourth-order valence-electron chi connectivity index (χ4n) is 2.51. The molecule has 1 aliphatic rings. The Hall–Kier alpha value is -2.00. The van der Waals surface area contributed by atoms with Gasteiger partial charge in [-0.05, 0) is 60.9 Å². The number of rotatable bonds is 4. The molecule has 0 unspecified atom stereocenters. The van der Waals surface area contributed by atoms with Gasteiger partial charge >= 0.3 is 13.2 Å². The van der Waals surface area contributed by atoms with E-state index >= 15 is 0 Å². The summed E-state index contributed by atoms with van der Waals surface area (Å²) in [5.74, 6) is 0.374. The summed E-state index contributed by atoms with van der Waals surface area (Å²) in [4.78, 5) is 12.1. The van der Waals surface area contributed by atoms with Crippen LogP contribution in [0.1, 0.15) is 59.7 Å². The molecular formula is C18H31BN4O4. The van der Waals surface area contributed by atoms with Crippen LogP contribution in [0.2, 0.25) is 0 Å². The van der Waals surface area contributed by atoms with E-state index in [1.54, 1.807) is 0 Å². The number of carbonyl (C=O) groups is 1. The van der Waals surface area contributed by atoms with Crippen LogP contribution in [0.4, 0.5) is 10.6 Å². The first-order valence-electron chi connectivity index (χ1n) is 9.05. The summed E-state index contributed by atoms with van der Waals surface area (Å²) in [5, 5.41) is 9.62. The minimum Gasteiger partial charge on any atom is -0.444 e. The Bertz CT molecular complexity index is 699. The molecule has 0 aromatic carbocycles. The number of nitrogens with zero attached hydrogens (tertiary/aromatic N) is 1. The van der Waals surface area contributed by atoms with Crippen molar-refractivity contribution in [2.45, 2.75) is 72.2 Å². The van der Waals surface area contributed by atoms with Crippen LogP contribution >= 0.6 is 0 Å². The first-order valence-corrected chi connectivity index (χ1v) is 9.05. The minimum atomic E-state index is -0.626. The molecule has 1 aromatic heterocycles. The van der Waals surface area contributed by atoms with Crippen molar-refractivity contribution < 1.29 is 18.8 Å². The van der Waals surface area contributed by atoms with Crippen molar-refractivity contribution in [1.82, 2.24) is 15.5 Å². The molecule has 1 amide bonds. The predicted molar refractivity (Wildman–Crippen MR) is 106 cm³/mol. The van der Waals surface area contributed by atoms with Crippen molar-refractivity contribution in [3.63, 3.8) is 0 Å². The van der Waals surface area contributed by atoms with Gasteiger partial charge in [-0.25, -0.2) is 4.79 Å². The number of H-pyrrole nitrogens is 1. The van der Waals surface area contributed by atoms with Crippen LogP contribution in [0, 0.1) is 6.92 Å². The SMILES string of the molecule is Cc1[nH]nc(N)c1C=C(CNC(=O)OC(C)(C)C)B1OC(C)(C)C(C)(C)O1. The Kier molecular flexibility index (Phi) is 5.68. The van der Waals surface area contributed by atoms with E-state index in [1.807, 2.05) is 61.5 Å². The molecule has 0 spiro atoms. The second-order valence-electron chi connectivity index (χ2n) is 8.81. The molecule has 0 saturated carbocycles. The number of nitrogens with two attached hydrogens (primary N) is 1. The summed E-state index contributed by atoms with van der Waals surface area (Å²) < 4.78 is 17.6. The third-order valence-corrected chi connectivity index (χ3v) is 4.75. The molecule has 1 fully saturated rings. The lowest BCUT2D eigenvalue weighted by Gasteiger charge is -2.32. The van der Waals surface area contributed by atoms with Gasteiger partial charge in [0.2, 0.25) is 0 Å². The van der Waals surface area contributed by atoms with Crippen molar-refractivity contribution in [2.75, 3.05) is 12.3 Å². The minimum absolute atomic E-state index is 0.190. The fourth-order valence-corrected chi connectivity index (χ4v) is 2.51. The van der Waals surface area contributed by atoms with Gasteiger partial charge in [-0.15, -0.1) is 0 Å². The summed E-state index contributed by atoms with van der Waals surface area (Å²) in [7, 11) is -0.626. The summed E-state index contributed by atoms with van der Waals surface area (Å²) in [6.07, 6.45) is 1.33. The summed E-state index contributed by atoms with van der Waals surface area (Å²) in [5.41, 5.74) is 6.65. The van der Waals surface area contributed by atoms with Gasteiger partial charge < -0.3 is 25.1 Å². The van der Waals surface area contributed by atoms with E-state index in [0.717, 1.165) is 16.7 Å². The number of anilines is 1. The van der Waals surface area contributed by atoms with E-state index in [-0.39, 0.29) is 6.54 Å². The average Bonchev–Trinajstić information content (AvgIpc) is 2.90. The molecule has 27 heavy (non-hydrogen) atoms. The molecule has 1 aliphatic heterocycles. The van der Waals surface area contributed by atoms with Crippen molar-refractivity contribution in [3.05, 3.63) is 16.7 Å². The Labute approximate surface area is 161 Å². The van der Waals surface area contributed by atoms with E-state index in [9.17, 15) is 4.79 Å². The maximum Gasteiger partial charge on any atom is 0.492 e. The van der Waals surface area contributed by atoms with E-state index in [0.29, 0.717) is 5.82 Å². The van der Waals surface area contributed by atoms with E-state index in [1.165, 1.54) is 0 Å². The number of aromatic nitrogens is 2. The van der Waals surface area contributed by atoms with Crippen molar-refractivity contribution in [1.29, 1.82) is 0 Å². The lowest BCUT2D eigenvalue weighted by atomic mass is 9.77. The molecule has 150 valence electrons. The number of nitrogens with one attached hydrogen (secondary N) is 2. The molecule has 2 heterocycles. The topological polar surface area (TPSA) is 111 Å². The largest absolute Gasteiger partial charge is 0.492 e. The fraction of sp³-hybridized carbons (Fsp3) is 0.667. The quantitative estimate of drug-likeness (QED) is 0.695. The molecule has 0 aliphatic carbocycles. The van der Waals surface area contributed by atoms with E-state index in [4.69, 9.17) is 19.8 Å². The molecule has 0 bridgehead atoms. The number of alkyl carbamates (subject to hydrolysis) is 1. The highest BCUT2D eigenvalue weighted by Crippen LogP contribution is 2.39. The maximum atomic E-state index is 12.1. The number of nitrogen functional groups attached to an aromatic ring is 1. The van der Waals surface area contributed by atoms with Gasteiger partial charge in [0, 0.05) is 17.8 Å². The highest BCUT2D eigenvalue weighted by atomic mass is 16.7. The molecule has 8 nitrogen and oxygen atoms in total. The predicted octanol–water partition coefficient (Wildman–Crippen LogP) is 2.84. The number of ether oxygens (including phenoxy) is 1. The highest BCUT2D eigenvalue weighted by molar-refractivity contribution is 6.56. The summed E-state index contributed by atoms with van der Waals surface area (Å²) in [6.45, 7) is 15.4. The smallest absolute Gasteiger partial charge is 0.444 e. The van der Waals surface area contributed by atoms with Gasteiger partial charge in [0.25, 0.3) is 0 Å². The summed E-state index contributed by atoms with van der Waals surface area (Å²) in [6, 6.07) is 0. The molecule has 2 rings (SSSR count). The van der Waals surface area contributed by atoms with Crippen LogP contribution in [0.3, 0.4) is 0 Å². The molecular weight excluding hydrogens is 347 g/mol. The first kappa shape index (κ1) is 21.3. The van der Waals surface area contributed by atoms with E-state index in [2.05, 4.69) is 15.5 Å². The number of carbonyl (C=O) groups excluding carboxylic acids is 1. The number of aryl methyl sites for hydroxylation is 1. The number of hydrogen-bond acceptors (Lipinski definition) is 6. The molecule has 0 atom stereocenters. The first-order chi connectivity index (χ1) is 12.2. The van der Waals surface area contributed by atoms with Gasteiger partial charge in [0.15, 0.2) is 5.82 Å². The third-order valence-electron chi connectivity index (χ3n) is 4.75. The second kappa shape index (κ2) is 7.20. The Balaban J connectivity index is 2.26. The zero-order chi connectivity index (χ0) is 20.6. The van der Waals surface area contributed by atoms with E-state index < -0.39 is 30.0 Å². The maximum absolute atomic E-state index is 12.1. The molecule has 4 N–H and O–H groups in total. The van der Waals surface area contributed by atoms with Crippen LogP contribution in [-0.4, -0.2) is 46.8 Å². The summed E-state index contributed by atoms with van der Waals surface area (Å²) >= 11 is 0. The van der Waals surface area contributed by atoms with Gasteiger partial charge in [0.05, 0.1) is 11.2 Å². The van der Waals surface area contributed by atoms with Crippen molar-refractivity contribution in [2.24, 2.45) is 0 Å². The second-order valence-corrected chi connectivity index (χ2v) is 8.81. The number of amides is 1. The number of aromatic amines is 1.